The summed E-state index contributed by atoms with van der Waals surface area (Å²) in [6, 6.07) is -0.599. The van der Waals surface area contributed by atoms with Crippen LogP contribution in [0.25, 0.3) is 0 Å². The number of imide groups is 2. The van der Waals surface area contributed by atoms with Crippen molar-refractivity contribution in [2.24, 2.45) is 5.41 Å². The zero-order chi connectivity index (χ0) is 12.5. The lowest BCUT2D eigenvalue weighted by Gasteiger charge is -2.30. The SMILES string of the molecule is C#CCCCCN1C(=O)NC(=O)C2(CC2)C1=O. The van der Waals surface area contributed by atoms with Crippen LogP contribution in [0, 0.1) is 17.8 Å². The van der Waals surface area contributed by atoms with Crippen LogP contribution in [0.5, 0.6) is 0 Å². The molecule has 1 saturated heterocycles. The third-order valence-electron chi connectivity index (χ3n) is 3.26. The maximum absolute atomic E-state index is 12.0. The Balaban J connectivity index is 1.97. The van der Waals surface area contributed by atoms with Gasteiger partial charge in [0, 0.05) is 13.0 Å². The molecule has 4 amide bonds. The van der Waals surface area contributed by atoms with Crippen LogP contribution in [-0.4, -0.2) is 29.3 Å². The van der Waals surface area contributed by atoms with Crippen molar-refractivity contribution in [1.29, 1.82) is 0 Å². The standard InChI is InChI=1S/C12H14N2O3/c1-2-3-4-5-8-14-10(16)12(6-7-12)9(15)13-11(14)17/h1H,3-8H2,(H,13,15,17). The Bertz CT molecular complexity index is 418. The lowest BCUT2D eigenvalue weighted by Crippen LogP contribution is -2.59. The molecule has 5 heteroatoms. The Labute approximate surface area is 99.5 Å². The molecule has 0 aromatic heterocycles. The van der Waals surface area contributed by atoms with Gasteiger partial charge in [0.15, 0.2) is 0 Å². The van der Waals surface area contributed by atoms with Gasteiger partial charge in [-0.3, -0.25) is 19.8 Å². The predicted octanol–water partition coefficient (Wildman–Crippen LogP) is 0.648. The Kier molecular flexibility index (Phi) is 2.88. The van der Waals surface area contributed by atoms with E-state index in [2.05, 4.69) is 11.2 Å². The number of unbranched alkanes of at least 4 members (excludes halogenated alkanes) is 2. The zero-order valence-electron chi connectivity index (χ0n) is 9.49. The molecule has 90 valence electrons. The first kappa shape index (κ1) is 11.6. The van der Waals surface area contributed by atoms with Gasteiger partial charge < -0.3 is 0 Å². The fourth-order valence-electron chi connectivity index (χ4n) is 2.00. The highest BCUT2D eigenvalue weighted by atomic mass is 16.2. The minimum absolute atomic E-state index is 0.335. The number of nitrogens with one attached hydrogen (secondary N) is 1. The molecule has 5 nitrogen and oxygen atoms in total. The van der Waals surface area contributed by atoms with Crippen LogP contribution in [0.4, 0.5) is 4.79 Å². The summed E-state index contributed by atoms with van der Waals surface area (Å²) in [5.41, 5.74) is -0.931. The van der Waals surface area contributed by atoms with Gasteiger partial charge in [0.1, 0.15) is 5.41 Å². The summed E-state index contributed by atoms with van der Waals surface area (Å²) >= 11 is 0. The average Bonchev–Trinajstić information content (AvgIpc) is 3.07. The first-order valence-electron chi connectivity index (χ1n) is 5.73. The second-order valence-electron chi connectivity index (χ2n) is 4.46. The third-order valence-corrected chi connectivity index (χ3v) is 3.26. The number of nitrogens with zero attached hydrogens (tertiary/aromatic N) is 1. The van der Waals surface area contributed by atoms with Crippen LogP contribution >= 0.6 is 0 Å². The van der Waals surface area contributed by atoms with Crippen molar-refractivity contribution in [2.75, 3.05) is 6.54 Å². The van der Waals surface area contributed by atoms with E-state index in [-0.39, 0.29) is 5.91 Å². The molecule has 0 bridgehead atoms. The van der Waals surface area contributed by atoms with E-state index in [4.69, 9.17) is 6.42 Å². The van der Waals surface area contributed by atoms with Crippen LogP contribution in [0.15, 0.2) is 0 Å². The number of rotatable bonds is 4. The number of hydrogen-bond acceptors (Lipinski definition) is 3. The van der Waals surface area contributed by atoms with E-state index >= 15 is 0 Å². The summed E-state index contributed by atoms with van der Waals surface area (Å²) < 4.78 is 0. The lowest BCUT2D eigenvalue weighted by atomic mass is 10.0. The second-order valence-corrected chi connectivity index (χ2v) is 4.46. The summed E-state index contributed by atoms with van der Waals surface area (Å²) in [4.78, 5) is 36.2. The summed E-state index contributed by atoms with van der Waals surface area (Å²) in [6.07, 6.45) is 8.29. The topological polar surface area (TPSA) is 66.5 Å². The molecule has 1 heterocycles. The van der Waals surface area contributed by atoms with Crippen molar-refractivity contribution in [3.63, 3.8) is 0 Å². The van der Waals surface area contributed by atoms with Crippen molar-refractivity contribution in [1.82, 2.24) is 10.2 Å². The largest absolute Gasteiger partial charge is 0.330 e. The molecule has 0 atom stereocenters. The molecular weight excluding hydrogens is 220 g/mol. The first-order valence-corrected chi connectivity index (χ1v) is 5.73. The molecule has 1 aliphatic heterocycles. The second kappa shape index (κ2) is 4.21. The van der Waals surface area contributed by atoms with Crippen LogP contribution in [0.1, 0.15) is 32.1 Å². The van der Waals surface area contributed by atoms with Crippen molar-refractivity contribution >= 4 is 17.8 Å². The van der Waals surface area contributed by atoms with Gasteiger partial charge in [0.2, 0.25) is 11.8 Å². The van der Waals surface area contributed by atoms with Gasteiger partial charge in [-0.2, -0.15) is 0 Å². The minimum Gasteiger partial charge on any atom is -0.277 e. The summed E-state index contributed by atoms with van der Waals surface area (Å²) in [5, 5.41) is 2.24. The quantitative estimate of drug-likeness (QED) is 0.441. The third kappa shape index (κ3) is 1.91. The van der Waals surface area contributed by atoms with Gasteiger partial charge in [-0.05, 0) is 25.7 Å². The number of terminal acetylenes is 1. The Morgan fingerprint density at radius 3 is 2.59 bits per heavy atom. The number of carbonyl (C=O) groups is 3. The van der Waals surface area contributed by atoms with E-state index in [1.807, 2.05) is 0 Å². The fraction of sp³-hybridized carbons (Fsp3) is 0.583. The number of hydrogen-bond donors (Lipinski definition) is 1. The highest BCUT2D eigenvalue weighted by Gasteiger charge is 2.61. The van der Waals surface area contributed by atoms with Gasteiger partial charge in [0.25, 0.3) is 0 Å². The maximum atomic E-state index is 12.0. The van der Waals surface area contributed by atoms with Crippen molar-refractivity contribution in [3.8, 4) is 12.3 Å². The molecular formula is C12H14N2O3. The molecule has 0 radical (unpaired) electrons. The van der Waals surface area contributed by atoms with E-state index in [1.165, 1.54) is 0 Å². The highest BCUT2D eigenvalue weighted by molar-refractivity contribution is 6.20. The summed E-state index contributed by atoms with van der Waals surface area (Å²) in [5.74, 6) is 1.73. The Hall–Kier alpha value is -1.83. The fourth-order valence-corrected chi connectivity index (χ4v) is 2.00. The number of carbonyl (C=O) groups excluding carboxylic acids is 3. The van der Waals surface area contributed by atoms with Crippen LogP contribution in [-0.2, 0) is 9.59 Å². The minimum atomic E-state index is -0.931. The monoisotopic (exact) mass is 234 g/mol. The van der Waals surface area contributed by atoms with Crippen LogP contribution < -0.4 is 5.32 Å². The number of amides is 4. The van der Waals surface area contributed by atoms with Crippen molar-refractivity contribution in [2.45, 2.75) is 32.1 Å². The Morgan fingerprint density at radius 2 is 2.00 bits per heavy atom. The molecule has 0 aromatic rings. The number of barbiturate groups is 1. The smallest absolute Gasteiger partial charge is 0.277 e. The molecule has 17 heavy (non-hydrogen) atoms. The zero-order valence-corrected chi connectivity index (χ0v) is 9.49. The molecule has 0 aromatic carbocycles. The summed E-state index contributed by atoms with van der Waals surface area (Å²) in [6.45, 7) is 0.335. The van der Waals surface area contributed by atoms with E-state index in [0.29, 0.717) is 32.2 Å². The van der Waals surface area contributed by atoms with Crippen molar-refractivity contribution in [3.05, 3.63) is 0 Å². The molecule has 2 fully saturated rings. The molecule has 1 saturated carbocycles. The van der Waals surface area contributed by atoms with Gasteiger partial charge >= 0.3 is 6.03 Å². The normalized spacial score (nSPS) is 21.4. The lowest BCUT2D eigenvalue weighted by molar-refractivity contribution is -0.144. The number of urea groups is 1. The molecule has 2 rings (SSSR count). The van der Waals surface area contributed by atoms with Crippen LogP contribution in [0.2, 0.25) is 0 Å². The van der Waals surface area contributed by atoms with E-state index in [1.54, 1.807) is 0 Å². The molecule has 1 aliphatic carbocycles. The maximum Gasteiger partial charge on any atom is 0.330 e. The van der Waals surface area contributed by atoms with Gasteiger partial charge in [0.05, 0.1) is 0 Å². The predicted molar refractivity (Wildman–Crippen MR) is 59.6 cm³/mol. The molecule has 2 aliphatic rings. The van der Waals surface area contributed by atoms with Crippen LogP contribution in [0.3, 0.4) is 0 Å². The molecule has 1 N–H and O–H groups in total. The molecule has 1 spiro atoms. The average molecular weight is 234 g/mol. The van der Waals surface area contributed by atoms with Gasteiger partial charge in [-0.1, -0.05) is 0 Å². The van der Waals surface area contributed by atoms with E-state index in [9.17, 15) is 14.4 Å². The Morgan fingerprint density at radius 1 is 1.29 bits per heavy atom. The van der Waals surface area contributed by atoms with E-state index < -0.39 is 17.4 Å². The van der Waals surface area contributed by atoms with Gasteiger partial charge in [-0.15, -0.1) is 12.3 Å². The van der Waals surface area contributed by atoms with Gasteiger partial charge in [-0.25, -0.2) is 4.79 Å². The molecule has 0 unspecified atom stereocenters. The first-order chi connectivity index (χ1) is 8.12. The van der Waals surface area contributed by atoms with Crippen molar-refractivity contribution < 1.29 is 14.4 Å². The highest BCUT2D eigenvalue weighted by Crippen LogP contribution is 2.48. The summed E-state index contributed by atoms with van der Waals surface area (Å²) in [7, 11) is 0. The van der Waals surface area contributed by atoms with E-state index in [0.717, 1.165) is 11.3 Å².